The highest BCUT2D eigenvalue weighted by Gasteiger charge is 2.32. The fourth-order valence-electron chi connectivity index (χ4n) is 4.43. The van der Waals surface area contributed by atoms with Crippen molar-refractivity contribution < 1.29 is 22.4 Å². The molecule has 1 fully saturated rings. The maximum Gasteiger partial charge on any atom is 0.243 e. The Hall–Kier alpha value is -3.49. The minimum atomic E-state index is -3.73. The lowest BCUT2D eigenvalue weighted by Gasteiger charge is -2.30. The van der Waals surface area contributed by atoms with Crippen molar-refractivity contribution in [2.24, 2.45) is 5.92 Å². The van der Waals surface area contributed by atoms with Gasteiger partial charge in [-0.2, -0.15) is 4.31 Å². The van der Waals surface area contributed by atoms with E-state index in [1.807, 2.05) is 42.5 Å². The van der Waals surface area contributed by atoms with Crippen molar-refractivity contribution in [2.75, 3.05) is 18.4 Å². The number of rotatable bonds is 5. The van der Waals surface area contributed by atoms with E-state index in [2.05, 4.69) is 5.32 Å². The average Bonchev–Trinajstić information content (AvgIpc) is 3.22. The monoisotopic (exact) mass is 476 g/mol. The molecule has 34 heavy (non-hydrogen) atoms. The molecule has 7 nitrogen and oxygen atoms in total. The van der Waals surface area contributed by atoms with Crippen molar-refractivity contribution in [1.82, 2.24) is 4.31 Å². The fourth-order valence-corrected chi connectivity index (χ4v) is 5.95. The lowest BCUT2D eigenvalue weighted by atomic mass is 9.97. The van der Waals surface area contributed by atoms with Crippen molar-refractivity contribution in [3.8, 4) is 0 Å². The molecule has 1 saturated heterocycles. The molecule has 1 aliphatic rings. The van der Waals surface area contributed by atoms with Gasteiger partial charge in [0.1, 0.15) is 11.2 Å². The van der Waals surface area contributed by atoms with Crippen LogP contribution in [-0.2, 0) is 14.8 Å². The highest BCUT2D eigenvalue weighted by Crippen LogP contribution is 2.31. The van der Waals surface area contributed by atoms with Gasteiger partial charge in [0.05, 0.1) is 4.90 Å². The molecule has 8 heteroatoms. The van der Waals surface area contributed by atoms with Crippen LogP contribution < -0.4 is 5.32 Å². The summed E-state index contributed by atoms with van der Waals surface area (Å²) in [6, 6.07) is 19.4. The van der Waals surface area contributed by atoms with Gasteiger partial charge in [0, 0.05) is 41.0 Å². The third-order valence-electron chi connectivity index (χ3n) is 6.35. The third kappa shape index (κ3) is 4.10. The molecule has 1 aromatic heterocycles. The van der Waals surface area contributed by atoms with E-state index in [4.69, 9.17) is 4.42 Å². The number of carbonyl (C=O) groups excluding carboxylic acids is 2. The number of nitrogens with one attached hydrogen (secondary N) is 1. The van der Waals surface area contributed by atoms with E-state index in [1.54, 1.807) is 12.1 Å². The maximum absolute atomic E-state index is 13.0. The summed E-state index contributed by atoms with van der Waals surface area (Å²) in [6.07, 6.45) is 0.850. The number of furan rings is 1. The number of fused-ring (bicyclic) bond motifs is 3. The lowest BCUT2D eigenvalue weighted by molar-refractivity contribution is -0.120. The molecule has 0 radical (unpaired) electrons. The summed E-state index contributed by atoms with van der Waals surface area (Å²) in [5, 5.41) is 4.90. The van der Waals surface area contributed by atoms with Crippen LogP contribution in [0.4, 0.5) is 5.69 Å². The number of hydrogen-bond donors (Lipinski definition) is 1. The van der Waals surface area contributed by atoms with Crippen LogP contribution in [0.3, 0.4) is 0 Å². The average molecular weight is 477 g/mol. The number of carbonyl (C=O) groups is 2. The minimum absolute atomic E-state index is 0.101. The zero-order chi connectivity index (χ0) is 23.9. The van der Waals surface area contributed by atoms with Crippen LogP contribution in [0.1, 0.15) is 30.1 Å². The molecule has 3 aromatic carbocycles. The van der Waals surface area contributed by atoms with Gasteiger partial charge >= 0.3 is 0 Å². The zero-order valence-corrected chi connectivity index (χ0v) is 19.5. The summed E-state index contributed by atoms with van der Waals surface area (Å²) in [5.74, 6) is -0.594. The van der Waals surface area contributed by atoms with Gasteiger partial charge in [-0.3, -0.25) is 9.59 Å². The normalized spacial score (nSPS) is 15.6. The number of amides is 1. The number of sulfonamides is 1. The fraction of sp³-hybridized carbons (Fsp3) is 0.231. The number of para-hydroxylation sites is 1. The Bertz CT molecular complexity index is 1510. The van der Waals surface area contributed by atoms with Crippen LogP contribution in [0.5, 0.6) is 0 Å². The topological polar surface area (TPSA) is 96.7 Å². The van der Waals surface area contributed by atoms with Crippen molar-refractivity contribution in [3.05, 3.63) is 72.3 Å². The van der Waals surface area contributed by atoms with E-state index in [-0.39, 0.29) is 35.6 Å². The van der Waals surface area contributed by atoms with E-state index < -0.39 is 10.0 Å². The second kappa shape index (κ2) is 8.70. The van der Waals surface area contributed by atoms with Crippen LogP contribution in [0.15, 0.2) is 76.0 Å². The van der Waals surface area contributed by atoms with Gasteiger partial charge in [-0.05, 0) is 56.2 Å². The van der Waals surface area contributed by atoms with Crippen molar-refractivity contribution in [2.45, 2.75) is 24.7 Å². The molecule has 0 bridgehead atoms. The first-order chi connectivity index (χ1) is 16.3. The first-order valence-electron chi connectivity index (χ1n) is 11.2. The van der Waals surface area contributed by atoms with Crippen LogP contribution in [0.25, 0.3) is 21.9 Å². The lowest BCUT2D eigenvalue weighted by Crippen LogP contribution is -2.41. The molecule has 0 saturated carbocycles. The standard InChI is InChI=1S/C26H24N2O5S/c1-17(29)19-5-4-6-21(15-19)34(31,32)28-13-11-18(12-14-28)26(30)27-20-9-10-25-23(16-20)22-7-2-3-8-24(22)33-25/h2-10,15-16,18H,11-14H2,1H3,(H,27,30). The first-order valence-corrected chi connectivity index (χ1v) is 12.6. The van der Waals surface area contributed by atoms with E-state index in [0.29, 0.717) is 24.1 Å². The molecular weight excluding hydrogens is 452 g/mol. The summed E-state index contributed by atoms with van der Waals surface area (Å²) >= 11 is 0. The second-order valence-corrected chi connectivity index (χ2v) is 10.5. The van der Waals surface area contributed by atoms with E-state index >= 15 is 0 Å². The van der Waals surface area contributed by atoms with E-state index in [1.165, 1.54) is 23.4 Å². The molecule has 0 spiro atoms. The quantitative estimate of drug-likeness (QED) is 0.416. The molecule has 0 atom stereocenters. The predicted molar refractivity (Wildman–Crippen MR) is 130 cm³/mol. The van der Waals surface area contributed by atoms with E-state index in [9.17, 15) is 18.0 Å². The molecule has 1 amide bonds. The third-order valence-corrected chi connectivity index (χ3v) is 8.24. The number of hydrogen-bond acceptors (Lipinski definition) is 5. The van der Waals surface area contributed by atoms with E-state index in [0.717, 1.165) is 21.9 Å². The first kappa shape index (κ1) is 22.3. The minimum Gasteiger partial charge on any atom is -0.456 e. The van der Waals surface area contributed by atoms with Gasteiger partial charge in [0.15, 0.2) is 5.78 Å². The summed E-state index contributed by atoms with van der Waals surface area (Å²) in [6.45, 7) is 1.90. The van der Waals surface area contributed by atoms with Gasteiger partial charge in [-0.1, -0.05) is 30.3 Å². The highest BCUT2D eigenvalue weighted by molar-refractivity contribution is 7.89. The molecule has 1 aliphatic heterocycles. The molecule has 4 aromatic rings. The van der Waals surface area contributed by atoms with Gasteiger partial charge in [-0.25, -0.2) is 8.42 Å². The molecule has 1 N–H and O–H groups in total. The Morgan fingerprint density at radius 1 is 0.912 bits per heavy atom. The molecule has 0 unspecified atom stereocenters. The number of nitrogens with zero attached hydrogens (tertiary/aromatic N) is 1. The van der Waals surface area contributed by atoms with Gasteiger partial charge < -0.3 is 9.73 Å². The smallest absolute Gasteiger partial charge is 0.243 e. The Labute approximate surface area is 197 Å². The second-order valence-electron chi connectivity index (χ2n) is 8.56. The molecular formula is C26H24N2O5S. The number of ketones is 1. The molecule has 2 heterocycles. The van der Waals surface area contributed by atoms with Crippen LogP contribution in [0, 0.1) is 5.92 Å². The Morgan fingerprint density at radius 3 is 2.41 bits per heavy atom. The number of piperidine rings is 1. The van der Waals surface area contributed by atoms with Crippen molar-refractivity contribution >= 4 is 49.3 Å². The molecule has 174 valence electrons. The van der Waals surface area contributed by atoms with Crippen molar-refractivity contribution in [3.63, 3.8) is 0 Å². The van der Waals surface area contributed by atoms with Gasteiger partial charge in [0.25, 0.3) is 0 Å². The van der Waals surface area contributed by atoms with Crippen LogP contribution >= 0.6 is 0 Å². The summed E-state index contributed by atoms with van der Waals surface area (Å²) < 4.78 is 33.3. The number of benzene rings is 3. The van der Waals surface area contributed by atoms with Gasteiger partial charge in [0.2, 0.25) is 15.9 Å². The Balaban J connectivity index is 1.27. The largest absolute Gasteiger partial charge is 0.456 e. The maximum atomic E-state index is 13.0. The van der Waals surface area contributed by atoms with Gasteiger partial charge in [-0.15, -0.1) is 0 Å². The SMILES string of the molecule is CC(=O)c1cccc(S(=O)(=O)N2CCC(C(=O)Nc3ccc4oc5ccccc5c4c3)CC2)c1. The zero-order valence-electron chi connectivity index (χ0n) is 18.7. The predicted octanol–water partition coefficient (Wildman–Crippen LogP) is 4.83. The number of anilines is 1. The summed E-state index contributed by atoms with van der Waals surface area (Å²) in [5.41, 5.74) is 2.59. The Morgan fingerprint density at radius 2 is 1.65 bits per heavy atom. The summed E-state index contributed by atoms with van der Waals surface area (Å²) in [7, 11) is -3.73. The number of Topliss-reactive ketones (excluding diaryl/α,β-unsaturated/α-hetero) is 1. The van der Waals surface area contributed by atoms with Crippen LogP contribution in [-0.4, -0.2) is 37.5 Å². The van der Waals surface area contributed by atoms with Crippen molar-refractivity contribution in [1.29, 1.82) is 0 Å². The molecule has 5 rings (SSSR count). The van der Waals surface area contributed by atoms with Crippen LogP contribution in [0.2, 0.25) is 0 Å². The Kier molecular flexibility index (Phi) is 5.71. The molecule has 0 aliphatic carbocycles. The summed E-state index contributed by atoms with van der Waals surface area (Å²) in [4.78, 5) is 24.6. The highest BCUT2D eigenvalue weighted by atomic mass is 32.2.